The molecule has 2 aliphatic heterocycles. The number of carbonyl (C=O) groups excluding carboxylic acids is 1. The number of pyridine rings is 1. The Morgan fingerprint density at radius 1 is 1.12 bits per heavy atom. The Hall–Kier alpha value is -3.38. The zero-order valence-corrected chi connectivity index (χ0v) is 25.2. The first-order valence-corrected chi connectivity index (χ1v) is 14.6. The third kappa shape index (κ3) is 6.19. The van der Waals surface area contributed by atoms with E-state index in [2.05, 4.69) is 21.8 Å². The summed E-state index contributed by atoms with van der Waals surface area (Å²) in [6.45, 7) is 8.68. The van der Waals surface area contributed by atoms with Gasteiger partial charge in [0.2, 0.25) is 11.9 Å². The molecule has 4 heterocycles. The van der Waals surface area contributed by atoms with Gasteiger partial charge in [0.1, 0.15) is 17.1 Å². The number of nitrogens with one attached hydrogen (secondary N) is 1. The first-order chi connectivity index (χ1) is 20.3. The van der Waals surface area contributed by atoms with Gasteiger partial charge in [-0.25, -0.2) is 4.98 Å². The van der Waals surface area contributed by atoms with Crippen molar-refractivity contribution in [2.45, 2.75) is 25.5 Å². The lowest BCUT2D eigenvalue weighted by Crippen LogP contribution is -2.54. The Labute approximate surface area is 254 Å². The van der Waals surface area contributed by atoms with Crippen LogP contribution in [-0.2, 0) is 16.1 Å². The first kappa shape index (κ1) is 30.1. The number of halogens is 2. The summed E-state index contributed by atoms with van der Waals surface area (Å²) in [5.74, 6) is 0.938. The molecule has 0 spiro atoms. The molecular formula is C29H34Cl2N6O5. The molecule has 0 bridgehead atoms. The van der Waals surface area contributed by atoms with Crippen LogP contribution in [0, 0.1) is 0 Å². The van der Waals surface area contributed by atoms with Crippen LogP contribution in [0.2, 0.25) is 10.0 Å². The number of rotatable bonds is 12. The maximum atomic E-state index is 14.1. The lowest BCUT2D eigenvalue weighted by atomic mass is 10.0. The SMILES string of the molecule is C=CC(=O)N1CC(OCCn2c(=O)c(-c3c(Cl)c(OC)cc(OC)c3Cl)cc3cnc(NCCN4CCCC4)nc32)C1. The van der Waals surface area contributed by atoms with E-state index >= 15 is 0 Å². The molecule has 224 valence electrons. The van der Waals surface area contributed by atoms with Crippen molar-refractivity contribution in [1.29, 1.82) is 0 Å². The molecule has 42 heavy (non-hydrogen) atoms. The number of benzene rings is 1. The van der Waals surface area contributed by atoms with Crippen molar-refractivity contribution >= 4 is 46.1 Å². The van der Waals surface area contributed by atoms with Gasteiger partial charge in [-0.15, -0.1) is 0 Å². The number of hydrogen-bond donors (Lipinski definition) is 1. The Morgan fingerprint density at radius 2 is 1.81 bits per heavy atom. The normalized spacial score (nSPS) is 15.6. The highest BCUT2D eigenvalue weighted by atomic mass is 35.5. The molecule has 1 amide bonds. The van der Waals surface area contributed by atoms with Crippen LogP contribution in [0.1, 0.15) is 12.8 Å². The molecule has 2 aliphatic rings. The molecule has 2 fully saturated rings. The highest BCUT2D eigenvalue weighted by Gasteiger charge is 2.30. The lowest BCUT2D eigenvalue weighted by molar-refractivity contribution is -0.139. The van der Waals surface area contributed by atoms with Crippen molar-refractivity contribution in [2.24, 2.45) is 0 Å². The summed E-state index contributed by atoms with van der Waals surface area (Å²) in [5.41, 5.74) is 0.634. The van der Waals surface area contributed by atoms with Crippen LogP contribution in [0.15, 0.2) is 35.8 Å². The molecular weight excluding hydrogens is 583 g/mol. The minimum absolute atomic E-state index is 0.122. The van der Waals surface area contributed by atoms with E-state index in [0.717, 1.165) is 19.6 Å². The maximum Gasteiger partial charge on any atom is 0.260 e. The van der Waals surface area contributed by atoms with E-state index in [0.29, 0.717) is 53.7 Å². The predicted octanol–water partition coefficient (Wildman–Crippen LogP) is 3.70. The van der Waals surface area contributed by atoms with E-state index in [1.807, 2.05) is 0 Å². The number of aromatic nitrogens is 3. The number of nitrogens with zero attached hydrogens (tertiary/aromatic N) is 5. The van der Waals surface area contributed by atoms with Crippen LogP contribution in [0.25, 0.3) is 22.2 Å². The molecule has 0 unspecified atom stereocenters. The van der Waals surface area contributed by atoms with Crippen molar-refractivity contribution in [3.05, 3.63) is 51.4 Å². The van der Waals surface area contributed by atoms with Gasteiger partial charge in [-0.05, 0) is 38.1 Å². The summed E-state index contributed by atoms with van der Waals surface area (Å²) in [6.07, 6.45) is 5.28. The molecule has 11 nitrogen and oxygen atoms in total. The van der Waals surface area contributed by atoms with Crippen LogP contribution in [-0.4, -0.2) is 96.4 Å². The number of methoxy groups -OCH3 is 2. The summed E-state index contributed by atoms with van der Waals surface area (Å²) in [4.78, 5) is 39.1. The summed E-state index contributed by atoms with van der Waals surface area (Å²) in [6, 6.07) is 3.25. The van der Waals surface area contributed by atoms with E-state index in [1.54, 1.807) is 27.8 Å². The average molecular weight is 618 g/mol. The molecule has 1 aromatic carbocycles. The zero-order chi connectivity index (χ0) is 29.8. The molecule has 2 aromatic heterocycles. The molecule has 0 saturated carbocycles. The summed E-state index contributed by atoms with van der Waals surface area (Å²) >= 11 is 13.4. The Kier molecular flexibility index (Phi) is 9.52. The Balaban J connectivity index is 1.48. The second kappa shape index (κ2) is 13.3. The van der Waals surface area contributed by atoms with Crippen molar-refractivity contribution in [2.75, 3.05) is 65.4 Å². The van der Waals surface area contributed by atoms with Gasteiger partial charge in [-0.2, -0.15) is 4.98 Å². The average Bonchev–Trinajstić information content (AvgIpc) is 3.49. The maximum absolute atomic E-state index is 14.1. The summed E-state index contributed by atoms with van der Waals surface area (Å²) in [7, 11) is 2.95. The van der Waals surface area contributed by atoms with Crippen molar-refractivity contribution in [1.82, 2.24) is 24.3 Å². The van der Waals surface area contributed by atoms with Gasteiger partial charge in [-0.1, -0.05) is 29.8 Å². The minimum Gasteiger partial charge on any atom is -0.495 e. The Bertz CT molecular complexity index is 1510. The van der Waals surface area contributed by atoms with Crippen LogP contribution in [0.3, 0.4) is 0 Å². The number of fused-ring (bicyclic) bond motifs is 1. The van der Waals surface area contributed by atoms with E-state index in [1.165, 1.54) is 33.1 Å². The number of amides is 1. The monoisotopic (exact) mass is 616 g/mol. The van der Waals surface area contributed by atoms with E-state index in [9.17, 15) is 9.59 Å². The fourth-order valence-corrected chi connectivity index (χ4v) is 5.95. The number of anilines is 1. The second-order valence-electron chi connectivity index (χ2n) is 10.2. The fourth-order valence-electron chi connectivity index (χ4n) is 5.25. The van der Waals surface area contributed by atoms with Crippen molar-refractivity contribution < 1.29 is 19.0 Å². The van der Waals surface area contributed by atoms with Crippen LogP contribution in [0.5, 0.6) is 11.5 Å². The molecule has 1 N–H and O–H groups in total. The van der Waals surface area contributed by atoms with E-state index in [4.69, 9.17) is 42.4 Å². The van der Waals surface area contributed by atoms with Gasteiger partial charge in [0.15, 0.2) is 0 Å². The van der Waals surface area contributed by atoms with Gasteiger partial charge < -0.3 is 29.3 Å². The van der Waals surface area contributed by atoms with Crippen molar-refractivity contribution in [3.8, 4) is 22.6 Å². The van der Waals surface area contributed by atoms with Crippen LogP contribution in [0.4, 0.5) is 5.95 Å². The molecule has 0 radical (unpaired) electrons. The molecule has 0 aliphatic carbocycles. The largest absolute Gasteiger partial charge is 0.495 e. The third-order valence-electron chi connectivity index (χ3n) is 7.58. The smallest absolute Gasteiger partial charge is 0.260 e. The quantitative estimate of drug-likeness (QED) is 0.304. The standard InChI is InChI=1S/C29H34Cl2N6O5/c1-4-23(38)36-16-19(17-36)42-12-11-37-27-18(15-33-29(34-27)32-7-10-35-8-5-6-9-35)13-20(28(37)39)24-25(30)21(40-2)14-22(41-3)26(24)31/h4,13-15,19H,1,5-12,16-17H2,2-3H3,(H,32,33,34). The summed E-state index contributed by atoms with van der Waals surface area (Å²) < 4.78 is 18.4. The lowest BCUT2D eigenvalue weighted by Gasteiger charge is -2.38. The number of likely N-dealkylation sites (tertiary alicyclic amines) is 2. The predicted molar refractivity (Wildman–Crippen MR) is 163 cm³/mol. The first-order valence-electron chi connectivity index (χ1n) is 13.8. The van der Waals surface area contributed by atoms with Gasteiger partial charge in [0.05, 0.1) is 49.1 Å². The molecule has 13 heteroatoms. The number of carbonyl (C=O) groups is 1. The number of hydrogen-bond acceptors (Lipinski definition) is 9. The van der Waals surface area contributed by atoms with E-state index in [-0.39, 0.29) is 46.3 Å². The highest BCUT2D eigenvalue weighted by Crippen LogP contribution is 2.45. The number of ether oxygens (including phenoxy) is 3. The highest BCUT2D eigenvalue weighted by molar-refractivity contribution is 6.41. The van der Waals surface area contributed by atoms with Gasteiger partial charge >= 0.3 is 0 Å². The van der Waals surface area contributed by atoms with Gasteiger partial charge in [-0.3, -0.25) is 14.2 Å². The van der Waals surface area contributed by atoms with Crippen LogP contribution >= 0.6 is 23.2 Å². The fraction of sp³-hybridized carbons (Fsp3) is 0.448. The minimum atomic E-state index is -0.357. The van der Waals surface area contributed by atoms with Crippen molar-refractivity contribution in [3.63, 3.8) is 0 Å². The molecule has 0 atom stereocenters. The Morgan fingerprint density at radius 3 is 2.45 bits per heavy atom. The third-order valence-corrected chi connectivity index (χ3v) is 8.33. The van der Waals surface area contributed by atoms with Crippen LogP contribution < -0.4 is 20.3 Å². The van der Waals surface area contributed by atoms with E-state index < -0.39 is 0 Å². The molecule has 2 saturated heterocycles. The van der Waals surface area contributed by atoms with Gasteiger partial charge in [0.25, 0.3) is 5.56 Å². The second-order valence-corrected chi connectivity index (χ2v) is 10.9. The zero-order valence-electron chi connectivity index (χ0n) is 23.7. The topological polar surface area (TPSA) is 111 Å². The van der Waals surface area contributed by atoms with Gasteiger partial charge in [0, 0.05) is 49.4 Å². The summed E-state index contributed by atoms with van der Waals surface area (Å²) in [5, 5.41) is 4.28. The molecule has 5 rings (SSSR count). The molecule has 3 aromatic rings.